The topological polar surface area (TPSA) is 82.4 Å². The van der Waals surface area contributed by atoms with E-state index in [2.05, 4.69) is 10.4 Å². The van der Waals surface area contributed by atoms with Crippen molar-refractivity contribution in [3.8, 4) is 28.4 Å². The van der Waals surface area contributed by atoms with Crippen molar-refractivity contribution in [2.45, 2.75) is 13.3 Å². The highest BCUT2D eigenvalue weighted by molar-refractivity contribution is 6.06. The zero-order valence-electron chi connectivity index (χ0n) is 19.4. The first-order valence-corrected chi connectivity index (χ1v) is 10.9. The summed E-state index contributed by atoms with van der Waals surface area (Å²) in [5.41, 5.74) is 5.12. The van der Waals surface area contributed by atoms with Crippen LogP contribution >= 0.6 is 0 Å². The van der Waals surface area contributed by atoms with Gasteiger partial charge < -0.3 is 14.8 Å². The molecular formula is C27H22FN3O4. The molecule has 0 saturated heterocycles. The van der Waals surface area contributed by atoms with Crippen LogP contribution in [0.25, 0.3) is 16.9 Å². The number of anilines is 1. The SMILES string of the molecule is COc1cc2c(cc1OC)-c1c(c(C(=O)Nc3cccc(C(C)=O)c3)nn1-c1ccc(F)cc1)C2. The molecule has 0 radical (unpaired) electrons. The van der Waals surface area contributed by atoms with E-state index in [4.69, 9.17) is 9.47 Å². The Morgan fingerprint density at radius 2 is 1.71 bits per heavy atom. The molecule has 1 aliphatic rings. The zero-order valence-corrected chi connectivity index (χ0v) is 19.4. The summed E-state index contributed by atoms with van der Waals surface area (Å²) < 4.78 is 26.2. The first-order valence-electron chi connectivity index (χ1n) is 10.9. The van der Waals surface area contributed by atoms with Crippen LogP contribution in [0, 0.1) is 5.82 Å². The summed E-state index contributed by atoms with van der Waals surface area (Å²) in [5.74, 6) is 0.269. The number of carbonyl (C=O) groups excluding carboxylic acids is 2. The Morgan fingerprint density at radius 1 is 1.00 bits per heavy atom. The van der Waals surface area contributed by atoms with Crippen molar-refractivity contribution in [3.63, 3.8) is 0 Å². The average molecular weight is 471 g/mol. The van der Waals surface area contributed by atoms with Crippen molar-refractivity contribution in [1.82, 2.24) is 9.78 Å². The molecule has 4 aromatic rings. The molecule has 8 heteroatoms. The van der Waals surface area contributed by atoms with Crippen LogP contribution in [0.3, 0.4) is 0 Å². The second-order valence-corrected chi connectivity index (χ2v) is 8.20. The zero-order chi connectivity index (χ0) is 24.7. The number of carbonyl (C=O) groups is 2. The summed E-state index contributed by atoms with van der Waals surface area (Å²) in [4.78, 5) is 25.1. The molecule has 35 heavy (non-hydrogen) atoms. The van der Waals surface area contributed by atoms with Gasteiger partial charge in [0.15, 0.2) is 23.0 Å². The maximum Gasteiger partial charge on any atom is 0.276 e. The molecule has 7 nitrogen and oxygen atoms in total. The standard InChI is InChI=1S/C27H22FN3O4/c1-15(32)16-5-4-6-19(11-16)29-27(33)25-22-12-17-13-23(34-2)24(35-3)14-21(17)26(22)31(30-25)20-9-7-18(28)8-10-20/h4-11,13-14H,12H2,1-3H3,(H,29,33). The van der Waals surface area contributed by atoms with Gasteiger partial charge >= 0.3 is 0 Å². The molecule has 0 spiro atoms. The third-order valence-electron chi connectivity index (χ3n) is 6.03. The highest BCUT2D eigenvalue weighted by Crippen LogP contribution is 2.44. The van der Waals surface area contributed by atoms with Gasteiger partial charge in [0.25, 0.3) is 5.91 Å². The smallest absolute Gasteiger partial charge is 0.276 e. The Hall–Kier alpha value is -4.46. The maximum absolute atomic E-state index is 13.6. The lowest BCUT2D eigenvalue weighted by molar-refractivity contribution is 0.100. The minimum absolute atomic E-state index is 0.0964. The highest BCUT2D eigenvalue weighted by Gasteiger charge is 2.32. The molecule has 0 aliphatic heterocycles. The van der Waals surface area contributed by atoms with Crippen molar-refractivity contribution in [1.29, 1.82) is 0 Å². The van der Waals surface area contributed by atoms with E-state index in [0.717, 1.165) is 22.4 Å². The van der Waals surface area contributed by atoms with Crippen molar-refractivity contribution >= 4 is 17.4 Å². The fraction of sp³-hybridized carbons (Fsp3) is 0.148. The third-order valence-corrected chi connectivity index (χ3v) is 6.03. The van der Waals surface area contributed by atoms with Gasteiger partial charge in [0, 0.05) is 28.8 Å². The summed E-state index contributed by atoms with van der Waals surface area (Å²) in [5, 5.41) is 7.48. The largest absolute Gasteiger partial charge is 0.493 e. The number of halogens is 1. The monoisotopic (exact) mass is 471 g/mol. The predicted molar refractivity (Wildman–Crippen MR) is 129 cm³/mol. The van der Waals surface area contributed by atoms with E-state index in [1.165, 1.54) is 19.1 Å². The highest BCUT2D eigenvalue weighted by atomic mass is 19.1. The maximum atomic E-state index is 13.6. The van der Waals surface area contributed by atoms with Gasteiger partial charge in [-0.3, -0.25) is 9.59 Å². The van der Waals surface area contributed by atoms with E-state index in [0.29, 0.717) is 34.9 Å². The molecule has 1 aromatic heterocycles. The summed E-state index contributed by atoms with van der Waals surface area (Å²) in [7, 11) is 3.13. The molecule has 0 saturated carbocycles. The molecule has 0 fully saturated rings. The Morgan fingerprint density at radius 3 is 2.40 bits per heavy atom. The fourth-order valence-electron chi connectivity index (χ4n) is 4.33. The van der Waals surface area contributed by atoms with Crippen molar-refractivity contribution in [3.05, 3.63) is 88.9 Å². The number of fused-ring (bicyclic) bond motifs is 3. The summed E-state index contributed by atoms with van der Waals surface area (Å²) >= 11 is 0. The molecule has 5 rings (SSSR count). The van der Waals surface area contributed by atoms with Gasteiger partial charge in [-0.05, 0) is 61.0 Å². The number of amides is 1. The minimum atomic E-state index is -0.408. The first kappa shape index (κ1) is 22.3. The third kappa shape index (κ3) is 3.93. The first-order chi connectivity index (χ1) is 16.9. The number of hydrogen-bond donors (Lipinski definition) is 1. The number of methoxy groups -OCH3 is 2. The summed E-state index contributed by atoms with van der Waals surface area (Å²) in [6, 6.07) is 16.4. The van der Waals surface area contributed by atoms with Crippen LogP contribution < -0.4 is 14.8 Å². The lowest BCUT2D eigenvalue weighted by Crippen LogP contribution is -2.15. The lowest BCUT2D eigenvalue weighted by Gasteiger charge is -2.12. The van der Waals surface area contributed by atoms with Crippen LogP contribution in [0.2, 0.25) is 0 Å². The van der Waals surface area contributed by atoms with Gasteiger partial charge in [0.2, 0.25) is 0 Å². The molecule has 0 unspecified atom stereocenters. The molecule has 1 amide bonds. The molecule has 0 atom stereocenters. The van der Waals surface area contributed by atoms with E-state index in [9.17, 15) is 14.0 Å². The van der Waals surface area contributed by atoms with Gasteiger partial charge in [-0.15, -0.1) is 0 Å². The number of ether oxygens (including phenoxy) is 2. The van der Waals surface area contributed by atoms with Crippen LogP contribution in [-0.4, -0.2) is 35.7 Å². The van der Waals surface area contributed by atoms with Crippen LogP contribution in [-0.2, 0) is 6.42 Å². The van der Waals surface area contributed by atoms with Gasteiger partial charge in [-0.2, -0.15) is 5.10 Å². The molecule has 1 N–H and O–H groups in total. The predicted octanol–water partition coefficient (Wildman–Crippen LogP) is 5.05. The minimum Gasteiger partial charge on any atom is -0.493 e. The number of benzene rings is 3. The van der Waals surface area contributed by atoms with Gasteiger partial charge in [-0.25, -0.2) is 9.07 Å². The molecule has 1 heterocycles. The number of nitrogens with zero attached hydrogens (tertiary/aromatic N) is 2. The van der Waals surface area contributed by atoms with Gasteiger partial charge in [-0.1, -0.05) is 12.1 Å². The van der Waals surface area contributed by atoms with Gasteiger partial charge in [0.1, 0.15) is 5.82 Å². The Bertz CT molecular complexity index is 1470. The molecule has 1 aliphatic carbocycles. The molecule has 3 aromatic carbocycles. The fourth-order valence-corrected chi connectivity index (χ4v) is 4.33. The van der Waals surface area contributed by atoms with Crippen LogP contribution in [0.15, 0.2) is 60.7 Å². The van der Waals surface area contributed by atoms with E-state index in [1.54, 1.807) is 55.3 Å². The quantitative estimate of drug-likeness (QED) is 0.350. The summed E-state index contributed by atoms with van der Waals surface area (Å²) in [6.07, 6.45) is 0.461. The number of ketones is 1. The molecule has 176 valence electrons. The number of nitrogens with one attached hydrogen (secondary N) is 1. The number of aromatic nitrogens is 2. The van der Waals surface area contributed by atoms with E-state index < -0.39 is 5.91 Å². The number of hydrogen-bond acceptors (Lipinski definition) is 5. The summed E-state index contributed by atoms with van der Waals surface area (Å²) in [6.45, 7) is 1.47. The number of Topliss-reactive ketones (excluding diaryl/α,β-unsaturated/α-hetero) is 1. The van der Waals surface area contributed by atoms with Crippen LogP contribution in [0.4, 0.5) is 10.1 Å². The van der Waals surface area contributed by atoms with E-state index in [-0.39, 0.29) is 17.3 Å². The normalized spacial score (nSPS) is 11.5. The van der Waals surface area contributed by atoms with Gasteiger partial charge in [0.05, 0.1) is 25.6 Å². The second kappa shape index (κ2) is 8.72. The molecule has 0 bridgehead atoms. The van der Waals surface area contributed by atoms with Crippen LogP contribution in [0.5, 0.6) is 11.5 Å². The van der Waals surface area contributed by atoms with Crippen molar-refractivity contribution in [2.24, 2.45) is 0 Å². The van der Waals surface area contributed by atoms with E-state index >= 15 is 0 Å². The Balaban J connectivity index is 1.63. The van der Waals surface area contributed by atoms with Crippen LogP contribution in [0.1, 0.15) is 38.9 Å². The Kier molecular flexibility index (Phi) is 5.56. The average Bonchev–Trinajstić information content (AvgIpc) is 3.40. The van der Waals surface area contributed by atoms with Crippen molar-refractivity contribution in [2.75, 3.05) is 19.5 Å². The number of rotatable bonds is 6. The second-order valence-electron chi connectivity index (χ2n) is 8.20. The van der Waals surface area contributed by atoms with E-state index in [1.807, 2.05) is 12.1 Å². The molecular weight excluding hydrogens is 449 g/mol. The Labute approximate surface area is 201 Å². The lowest BCUT2D eigenvalue weighted by atomic mass is 10.1. The van der Waals surface area contributed by atoms with Crippen molar-refractivity contribution < 1.29 is 23.5 Å².